The lowest BCUT2D eigenvalue weighted by molar-refractivity contribution is -0.137. The summed E-state index contributed by atoms with van der Waals surface area (Å²) in [6, 6.07) is 5.12. The fraction of sp³-hybridized carbons (Fsp3) is 0.231. The Morgan fingerprint density at radius 2 is 1.90 bits per heavy atom. The number of nitrogens with zero attached hydrogens (tertiary/aromatic N) is 2. The van der Waals surface area contributed by atoms with Crippen LogP contribution in [0.4, 0.5) is 13.2 Å². The van der Waals surface area contributed by atoms with E-state index in [0.717, 1.165) is 6.07 Å². The van der Waals surface area contributed by atoms with Crippen LogP contribution >= 0.6 is 34.2 Å². The second-order valence-corrected chi connectivity index (χ2v) is 5.51. The molecule has 112 valence electrons. The highest BCUT2D eigenvalue weighted by molar-refractivity contribution is 14.1. The van der Waals surface area contributed by atoms with E-state index in [1.807, 2.05) is 22.6 Å². The minimum Gasteiger partial charge on any atom is -0.378 e. The first-order chi connectivity index (χ1) is 9.84. The fourth-order valence-corrected chi connectivity index (χ4v) is 2.33. The van der Waals surface area contributed by atoms with Crippen LogP contribution in [0.5, 0.6) is 0 Å². The van der Waals surface area contributed by atoms with Crippen molar-refractivity contribution in [1.29, 1.82) is 0 Å². The summed E-state index contributed by atoms with van der Waals surface area (Å²) < 4.78 is 44.7. The van der Waals surface area contributed by atoms with E-state index in [-0.39, 0.29) is 23.1 Å². The zero-order valence-electron chi connectivity index (χ0n) is 10.7. The van der Waals surface area contributed by atoms with E-state index in [2.05, 4.69) is 9.97 Å². The molecule has 1 aromatic carbocycles. The van der Waals surface area contributed by atoms with Crippen molar-refractivity contribution in [2.75, 3.05) is 7.11 Å². The number of methoxy groups -OCH3 is 1. The summed E-state index contributed by atoms with van der Waals surface area (Å²) in [4.78, 5) is 8.09. The van der Waals surface area contributed by atoms with Gasteiger partial charge in [-0.3, -0.25) is 0 Å². The van der Waals surface area contributed by atoms with Crippen molar-refractivity contribution in [2.45, 2.75) is 12.8 Å². The molecule has 0 amide bonds. The van der Waals surface area contributed by atoms with E-state index in [0.29, 0.717) is 9.26 Å². The second-order valence-electron chi connectivity index (χ2n) is 4.08. The highest BCUT2D eigenvalue weighted by Gasteiger charge is 2.34. The van der Waals surface area contributed by atoms with Crippen molar-refractivity contribution >= 4 is 34.2 Å². The second kappa shape index (κ2) is 6.45. The molecule has 2 rings (SSSR count). The van der Waals surface area contributed by atoms with Gasteiger partial charge in [0.2, 0.25) is 0 Å². The van der Waals surface area contributed by atoms with Crippen molar-refractivity contribution in [3.63, 3.8) is 0 Å². The zero-order valence-corrected chi connectivity index (χ0v) is 13.6. The van der Waals surface area contributed by atoms with E-state index < -0.39 is 11.7 Å². The van der Waals surface area contributed by atoms with E-state index in [4.69, 9.17) is 16.3 Å². The third-order valence-electron chi connectivity index (χ3n) is 2.63. The molecule has 0 N–H and O–H groups in total. The summed E-state index contributed by atoms with van der Waals surface area (Å²) in [6.45, 7) is 0.141. The fourth-order valence-electron chi connectivity index (χ4n) is 1.74. The van der Waals surface area contributed by atoms with Gasteiger partial charge in [0.15, 0.2) is 5.82 Å². The first kappa shape index (κ1) is 16.4. The smallest absolute Gasteiger partial charge is 0.378 e. The molecule has 0 aliphatic carbocycles. The van der Waals surface area contributed by atoms with Crippen LogP contribution in [0.3, 0.4) is 0 Å². The van der Waals surface area contributed by atoms with Crippen LogP contribution in [0.15, 0.2) is 24.3 Å². The van der Waals surface area contributed by atoms with Gasteiger partial charge >= 0.3 is 6.18 Å². The van der Waals surface area contributed by atoms with Crippen LogP contribution in [0.25, 0.3) is 11.4 Å². The van der Waals surface area contributed by atoms with Crippen LogP contribution in [0.2, 0.25) is 5.15 Å². The van der Waals surface area contributed by atoms with Crippen LogP contribution in [-0.2, 0) is 17.5 Å². The van der Waals surface area contributed by atoms with Crippen molar-refractivity contribution in [1.82, 2.24) is 9.97 Å². The summed E-state index contributed by atoms with van der Waals surface area (Å²) in [5.74, 6) is -0.0691. The number of hydrogen-bond donors (Lipinski definition) is 0. The van der Waals surface area contributed by atoms with Gasteiger partial charge in [0.25, 0.3) is 0 Å². The maximum absolute atomic E-state index is 13.0. The largest absolute Gasteiger partial charge is 0.417 e. The molecule has 0 saturated carbocycles. The molecule has 1 heterocycles. The first-order valence-corrected chi connectivity index (χ1v) is 7.17. The number of aromatic nitrogens is 2. The maximum atomic E-state index is 13.0. The highest BCUT2D eigenvalue weighted by Crippen LogP contribution is 2.36. The van der Waals surface area contributed by atoms with Crippen molar-refractivity contribution in [3.8, 4) is 11.4 Å². The van der Waals surface area contributed by atoms with Gasteiger partial charge in [-0.1, -0.05) is 29.8 Å². The Labute approximate surface area is 137 Å². The summed E-state index contributed by atoms with van der Waals surface area (Å²) >= 11 is 7.91. The van der Waals surface area contributed by atoms with Crippen molar-refractivity contribution in [3.05, 3.63) is 44.2 Å². The quantitative estimate of drug-likeness (QED) is 0.531. The molecule has 2 aromatic rings. The van der Waals surface area contributed by atoms with E-state index in [1.165, 1.54) is 25.3 Å². The summed E-state index contributed by atoms with van der Waals surface area (Å²) in [6.07, 6.45) is -4.49. The molecule has 0 unspecified atom stereocenters. The molecule has 0 bridgehead atoms. The van der Waals surface area contributed by atoms with Gasteiger partial charge in [-0.2, -0.15) is 13.2 Å². The molecule has 0 saturated heterocycles. The predicted molar refractivity (Wildman–Crippen MR) is 80.9 cm³/mol. The van der Waals surface area contributed by atoms with Crippen molar-refractivity contribution < 1.29 is 17.9 Å². The summed E-state index contributed by atoms with van der Waals surface area (Å²) in [5.41, 5.74) is -0.462. The maximum Gasteiger partial charge on any atom is 0.417 e. The number of rotatable bonds is 3. The SMILES string of the molecule is COCc1nc(-c2ccccc2C(F)(F)F)nc(Cl)c1I. The first-order valence-electron chi connectivity index (χ1n) is 5.72. The third kappa shape index (κ3) is 3.64. The van der Waals surface area contributed by atoms with E-state index >= 15 is 0 Å². The Morgan fingerprint density at radius 3 is 2.52 bits per heavy atom. The molecule has 0 fully saturated rings. The Morgan fingerprint density at radius 1 is 1.24 bits per heavy atom. The van der Waals surface area contributed by atoms with Gasteiger partial charge in [-0.15, -0.1) is 0 Å². The molecule has 8 heteroatoms. The monoisotopic (exact) mass is 428 g/mol. The van der Waals surface area contributed by atoms with Crippen LogP contribution in [-0.4, -0.2) is 17.1 Å². The Hall–Kier alpha value is -0.930. The van der Waals surface area contributed by atoms with Gasteiger partial charge in [-0.05, 0) is 28.7 Å². The predicted octanol–water partition coefficient (Wildman–Crippen LogP) is 4.57. The lowest BCUT2D eigenvalue weighted by atomic mass is 10.1. The zero-order chi connectivity index (χ0) is 15.6. The average molecular weight is 429 g/mol. The minimum absolute atomic E-state index is 0.0691. The number of alkyl halides is 3. The Bertz CT molecular complexity index is 664. The van der Waals surface area contributed by atoms with E-state index in [9.17, 15) is 13.2 Å². The molecule has 1 aromatic heterocycles. The summed E-state index contributed by atoms with van der Waals surface area (Å²) in [7, 11) is 1.47. The lowest BCUT2D eigenvalue weighted by Gasteiger charge is -2.13. The minimum atomic E-state index is -4.49. The van der Waals surface area contributed by atoms with Crippen molar-refractivity contribution in [2.24, 2.45) is 0 Å². The highest BCUT2D eigenvalue weighted by atomic mass is 127. The molecule has 0 aliphatic rings. The van der Waals surface area contributed by atoms with Crippen LogP contribution in [0.1, 0.15) is 11.3 Å². The lowest BCUT2D eigenvalue weighted by Crippen LogP contribution is -2.09. The molecule has 0 aliphatic heterocycles. The molecular formula is C13H9ClF3IN2O. The Kier molecular flexibility index (Phi) is 5.05. The van der Waals surface area contributed by atoms with Gasteiger partial charge < -0.3 is 4.74 Å². The van der Waals surface area contributed by atoms with Gasteiger partial charge in [-0.25, -0.2) is 9.97 Å². The molecular weight excluding hydrogens is 420 g/mol. The third-order valence-corrected chi connectivity index (χ3v) is 4.36. The number of benzene rings is 1. The molecule has 0 radical (unpaired) electrons. The molecule has 0 atom stereocenters. The number of halogens is 5. The number of hydrogen-bond acceptors (Lipinski definition) is 3. The topological polar surface area (TPSA) is 35.0 Å². The molecule has 0 spiro atoms. The summed E-state index contributed by atoms with van der Waals surface area (Å²) in [5, 5.41) is 0.102. The Balaban J connectivity index is 2.63. The average Bonchev–Trinajstić information content (AvgIpc) is 2.43. The van der Waals surface area contributed by atoms with Gasteiger partial charge in [0.1, 0.15) is 5.15 Å². The van der Waals surface area contributed by atoms with Gasteiger partial charge in [0.05, 0.1) is 21.4 Å². The van der Waals surface area contributed by atoms with Crippen LogP contribution in [0, 0.1) is 3.57 Å². The van der Waals surface area contributed by atoms with Gasteiger partial charge in [0, 0.05) is 12.7 Å². The van der Waals surface area contributed by atoms with Crippen LogP contribution < -0.4 is 0 Å². The molecule has 21 heavy (non-hydrogen) atoms. The normalized spacial score (nSPS) is 11.7. The van der Waals surface area contributed by atoms with E-state index in [1.54, 1.807) is 0 Å². The number of ether oxygens (including phenoxy) is 1. The molecule has 3 nitrogen and oxygen atoms in total. The standard InChI is InChI=1S/C13H9ClF3IN2O/c1-21-6-9-10(18)11(14)20-12(19-9)7-4-2-3-5-8(7)13(15,16)17/h2-5H,6H2,1H3.